The molecular weight excluding hydrogens is 502 g/mol. The van der Waals surface area contributed by atoms with Gasteiger partial charge in [-0.1, -0.05) is 37.3 Å². The summed E-state index contributed by atoms with van der Waals surface area (Å²) < 4.78 is 12.4. The van der Waals surface area contributed by atoms with Crippen LogP contribution >= 0.6 is 0 Å². The number of nitrogens with one attached hydrogen (secondary N) is 2. The molecule has 12 heteroatoms. The highest BCUT2D eigenvalue weighted by Crippen LogP contribution is 2.37. The van der Waals surface area contributed by atoms with Gasteiger partial charge in [0.05, 0.1) is 14.2 Å². The maximum Gasteiger partial charge on any atom is 0.350 e. The summed E-state index contributed by atoms with van der Waals surface area (Å²) in [7, 11) is 3.21. The van der Waals surface area contributed by atoms with Gasteiger partial charge < -0.3 is 20.3 Å². The number of benzene rings is 2. The third kappa shape index (κ3) is 7.06. The summed E-state index contributed by atoms with van der Waals surface area (Å²) in [4.78, 5) is 33.0. The van der Waals surface area contributed by atoms with Crippen LogP contribution in [-0.4, -0.2) is 55.9 Å². The molecule has 0 aliphatic rings. The van der Waals surface area contributed by atoms with E-state index in [2.05, 4.69) is 20.1 Å². The smallest absolute Gasteiger partial charge is 0.350 e. The van der Waals surface area contributed by atoms with Crippen LogP contribution in [0, 0.1) is 5.41 Å². The molecule has 0 aliphatic carbocycles. The van der Waals surface area contributed by atoms with E-state index in [1.54, 1.807) is 44.8 Å². The summed E-state index contributed by atoms with van der Waals surface area (Å²) in [6.45, 7) is 3.12. The molecule has 0 bridgehead atoms. The lowest BCUT2D eigenvalue weighted by atomic mass is 9.89. The van der Waals surface area contributed by atoms with Crippen LogP contribution in [0.1, 0.15) is 47.8 Å². The summed E-state index contributed by atoms with van der Waals surface area (Å²) in [5.74, 6) is 0.790. The number of methoxy groups -OCH3 is 2. The van der Waals surface area contributed by atoms with Gasteiger partial charge in [0, 0.05) is 30.8 Å². The number of H-pyrrole nitrogens is 1. The maximum absolute atomic E-state index is 12.8. The first-order valence-electron chi connectivity index (χ1n) is 12.0. The second kappa shape index (κ2) is 13.0. The van der Waals surface area contributed by atoms with Crippen LogP contribution in [0.3, 0.4) is 0 Å². The zero-order valence-corrected chi connectivity index (χ0v) is 22.1. The maximum atomic E-state index is 12.8. The fourth-order valence-electron chi connectivity index (χ4n) is 3.99. The highest BCUT2D eigenvalue weighted by atomic mass is 16.5. The zero-order chi connectivity index (χ0) is 28.5. The van der Waals surface area contributed by atoms with E-state index in [-0.39, 0.29) is 17.7 Å². The topological polar surface area (TPSA) is 182 Å². The molecule has 0 fully saturated rings. The lowest BCUT2D eigenvalue weighted by Crippen LogP contribution is -2.18. The molecule has 1 atom stereocenters. The second-order valence-electron chi connectivity index (χ2n) is 8.43. The minimum absolute atomic E-state index is 0.00603. The first kappa shape index (κ1) is 28.6. The van der Waals surface area contributed by atoms with Crippen molar-refractivity contribution in [3.05, 3.63) is 93.4 Å². The number of hydrogen-bond donors (Lipinski definition) is 4. The molecule has 0 spiro atoms. The van der Waals surface area contributed by atoms with Gasteiger partial charge in [-0.25, -0.2) is 14.8 Å². The third-order valence-electron chi connectivity index (χ3n) is 5.77. The number of hydrogen-bond acceptors (Lipinski definition) is 8. The van der Waals surface area contributed by atoms with Gasteiger partial charge >= 0.3 is 5.69 Å². The predicted octanol–water partition coefficient (Wildman–Crippen LogP) is 2.68. The van der Waals surface area contributed by atoms with Crippen molar-refractivity contribution in [3.8, 4) is 17.4 Å². The van der Waals surface area contributed by atoms with E-state index in [4.69, 9.17) is 30.5 Å². The number of aromatic amines is 1. The third-order valence-corrected chi connectivity index (χ3v) is 5.77. The average molecular weight is 534 g/mol. The summed E-state index contributed by atoms with van der Waals surface area (Å²) >= 11 is 0. The Balaban J connectivity index is 0.000000983. The fourth-order valence-corrected chi connectivity index (χ4v) is 3.99. The number of aromatic nitrogens is 5. The minimum atomic E-state index is -0.833. The lowest BCUT2D eigenvalue weighted by Gasteiger charge is -2.20. The fraction of sp³-hybridized carbons (Fsp3) is 0.259. The zero-order valence-electron chi connectivity index (χ0n) is 22.1. The first-order chi connectivity index (χ1) is 18.7. The summed E-state index contributed by atoms with van der Waals surface area (Å²) in [5, 5.41) is 19.6. The normalized spacial score (nSPS) is 11.2. The second-order valence-corrected chi connectivity index (χ2v) is 8.43. The molecule has 4 rings (SSSR count). The molecule has 2 heterocycles. The standard InChI is InChI=1S/C25H27N7O3.C2H4O2/c1-4-16-13-18(14-20(34-2)21(16)35-3)19(12-15-6-8-17(9-7-15)22(26)27)23-30-25(33)32(31-23)24-28-10-5-11-29-24;1-2(3)4/h5-11,13-14,19H,4,12H2,1-3H3,(H3,26,27)(H,30,31,33);1H3,(H,3,4). The summed E-state index contributed by atoms with van der Waals surface area (Å²) in [5.41, 5.74) is 8.69. The SMILES string of the molecule is CC(=O)O.CCc1cc(C(Cc2ccc(C(=N)N)cc2)c2nn(-c3ncccn3)c(=O)[nH]2)cc(OC)c1OC. The Hall–Kier alpha value is -5.00. The molecule has 204 valence electrons. The van der Waals surface area contributed by atoms with Gasteiger partial charge in [0.1, 0.15) is 11.7 Å². The van der Waals surface area contributed by atoms with Crippen LogP contribution in [0.15, 0.2) is 59.7 Å². The van der Waals surface area contributed by atoms with Crippen LogP contribution in [0.2, 0.25) is 0 Å². The van der Waals surface area contributed by atoms with Crippen molar-refractivity contribution in [2.75, 3.05) is 14.2 Å². The van der Waals surface area contributed by atoms with E-state index in [0.29, 0.717) is 29.3 Å². The molecule has 0 saturated carbocycles. The molecule has 0 aliphatic heterocycles. The molecule has 12 nitrogen and oxygen atoms in total. The number of aryl methyl sites for hydroxylation is 1. The van der Waals surface area contributed by atoms with E-state index in [9.17, 15) is 4.79 Å². The Morgan fingerprint density at radius 1 is 1.15 bits per heavy atom. The van der Waals surface area contributed by atoms with Gasteiger partial charge in [-0.05, 0) is 41.7 Å². The van der Waals surface area contributed by atoms with Crippen molar-refractivity contribution in [1.82, 2.24) is 24.7 Å². The molecule has 39 heavy (non-hydrogen) atoms. The molecule has 1 unspecified atom stereocenters. The Kier molecular flexibility index (Phi) is 9.52. The quantitative estimate of drug-likeness (QED) is 0.186. The molecule has 0 saturated heterocycles. The van der Waals surface area contributed by atoms with E-state index in [0.717, 1.165) is 34.7 Å². The van der Waals surface area contributed by atoms with Gasteiger partial charge in [0.25, 0.3) is 11.9 Å². The number of carboxylic acid groups (broad SMARTS) is 1. The molecular formula is C27H31N7O5. The Labute approximate surface area is 225 Å². The number of nitrogens with two attached hydrogens (primary N) is 1. The van der Waals surface area contributed by atoms with Crippen LogP contribution in [0.5, 0.6) is 11.5 Å². The van der Waals surface area contributed by atoms with E-state index < -0.39 is 11.7 Å². The molecule has 5 N–H and O–H groups in total. The van der Waals surface area contributed by atoms with Crippen molar-refractivity contribution >= 4 is 11.8 Å². The highest BCUT2D eigenvalue weighted by Gasteiger charge is 2.24. The minimum Gasteiger partial charge on any atom is -0.493 e. The number of carboxylic acids is 1. The average Bonchev–Trinajstić information content (AvgIpc) is 3.32. The van der Waals surface area contributed by atoms with Crippen LogP contribution in [0.25, 0.3) is 5.95 Å². The van der Waals surface area contributed by atoms with E-state index in [1.165, 1.54) is 0 Å². The highest BCUT2D eigenvalue weighted by molar-refractivity contribution is 5.94. The monoisotopic (exact) mass is 533 g/mol. The number of ether oxygens (including phenoxy) is 2. The molecule has 0 amide bonds. The van der Waals surface area contributed by atoms with Gasteiger partial charge in [-0.15, -0.1) is 9.78 Å². The number of aliphatic carboxylic acids is 1. The van der Waals surface area contributed by atoms with Gasteiger partial charge in [-0.2, -0.15) is 0 Å². The Bertz CT molecular complexity index is 1450. The Morgan fingerprint density at radius 3 is 2.33 bits per heavy atom. The molecule has 0 radical (unpaired) electrons. The first-order valence-corrected chi connectivity index (χ1v) is 12.0. The van der Waals surface area contributed by atoms with Gasteiger partial charge in [0.15, 0.2) is 11.5 Å². The van der Waals surface area contributed by atoms with Crippen LogP contribution in [-0.2, 0) is 17.6 Å². The van der Waals surface area contributed by atoms with Crippen molar-refractivity contribution in [3.63, 3.8) is 0 Å². The molecule has 4 aromatic rings. The summed E-state index contributed by atoms with van der Waals surface area (Å²) in [6.07, 6.45) is 4.37. The van der Waals surface area contributed by atoms with E-state index in [1.807, 2.05) is 31.2 Å². The summed E-state index contributed by atoms with van der Waals surface area (Å²) in [6, 6.07) is 13.1. The van der Waals surface area contributed by atoms with Crippen LogP contribution in [0.4, 0.5) is 0 Å². The number of nitrogen functional groups attached to an aromatic ring is 1. The van der Waals surface area contributed by atoms with Crippen molar-refractivity contribution in [2.24, 2.45) is 5.73 Å². The van der Waals surface area contributed by atoms with Crippen molar-refractivity contribution in [2.45, 2.75) is 32.6 Å². The van der Waals surface area contributed by atoms with Crippen molar-refractivity contribution < 1.29 is 19.4 Å². The number of rotatable bonds is 9. The predicted molar refractivity (Wildman–Crippen MR) is 145 cm³/mol. The van der Waals surface area contributed by atoms with Crippen molar-refractivity contribution in [1.29, 1.82) is 5.41 Å². The van der Waals surface area contributed by atoms with Gasteiger partial charge in [-0.3, -0.25) is 15.2 Å². The lowest BCUT2D eigenvalue weighted by molar-refractivity contribution is -0.134. The number of nitrogens with zero attached hydrogens (tertiary/aromatic N) is 4. The number of amidine groups is 1. The van der Waals surface area contributed by atoms with Crippen LogP contribution < -0.4 is 20.9 Å². The van der Waals surface area contributed by atoms with E-state index >= 15 is 0 Å². The largest absolute Gasteiger partial charge is 0.493 e. The molecule has 2 aromatic carbocycles. The molecule has 2 aromatic heterocycles. The van der Waals surface area contributed by atoms with Gasteiger partial charge in [0.2, 0.25) is 0 Å². The Morgan fingerprint density at radius 2 is 1.79 bits per heavy atom. The number of carbonyl (C=O) groups is 1.